The first-order valence-corrected chi connectivity index (χ1v) is 6.60. The highest BCUT2D eigenvalue weighted by Gasteiger charge is 2.25. The minimum atomic E-state index is 1.36. The van der Waals surface area contributed by atoms with Crippen molar-refractivity contribution in [1.82, 2.24) is 0 Å². The molecule has 0 aromatic heterocycles. The van der Waals surface area contributed by atoms with Crippen LogP contribution in [0.3, 0.4) is 0 Å². The van der Waals surface area contributed by atoms with Gasteiger partial charge in [0.1, 0.15) is 0 Å². The number of rotatable bonds is 5. The van der Waals surface area contributed by atoms with E-state index in [1.165, 1.54) is 62.6 Å². The molecule has 0 aromatic rings. The predicted octanol–water partition coefficient (Wildman–Crippen LogP) is 3.83. The molecule has 0 atom stereocenters. The molecule has 0 radical (unpaired) electrons. The fourth-order valence-corrected chi connectivity index (χ4v) is 2.24. The van der Waals surface area contributed by atoms with E-state index >= 15 is 0 Å². The maximum atomic E-state index is 2.43. The molecule has 14 heavy (non-hydrogen) atoms. The van der Waals surface area contributed by atoms with E-state index in [2.05, 4.69) is 14.0 Å². The van der Waals surface area contributed by atoms with E-state index in [4.69, 9.17) is 0 Å². The molecule has 0 unspecified atom stereocenters. The second-order valence-corrected chi connectivity index (χ2v) is 4.56. The maximum Gasteiger partial charge on any atom is 0.0786 e. The van der Waals surface area contributed by atoms with Crippen LogP contribution in [0.25, 0.3) is 0 Å². The Bertz CT molecular complexity index is 114. The fraction of sp³-hybridized carbons (Fsp3) is 1.00. The molecule has 0 bridgehead atoms. The molecular formula is C13H30N+. The van der Waals surface area contributed by atoms with Crippen molar-refractivity contribution in [3.63, 3.8) is 0 Å². The van der Waals surface area contributed by atoms with Crippen LogP contribution >= 0.6 is 0 Å². The number of quaternary nitrogens is 1. The highest BCUT2D eigenvalue weighted by Crippen LogP contribution is 2.17. The van der Waals surface area contributed by atoms with Crippen LogP contribution in [-0.4, -0.2) is 31.2 Å². The van der Waals surface area contributed by atoms with Crippen LogP contribution in [0.2, 0.25) is 0 Å². The summed E-state index contributed by atoms with van der Waals surface area (Å²) in [5.74, 6) is 0. The van der Waals surface area contributed by atoms with Gasteiger partial charge in [-0.25, -0.2) is 0 Å². The van der Waals surface area contributed by atoms with Crippen LogP contribution in [0.1, 0.15) is 59.3 Å². The van der Waals surface area contributed by atoms with Gasteiger partial charge in [-0.05, 0) is 12.8 Å². The molecule has 0 N–H and O–H groups in total. The van der Waals surface area contributed by atoms with Crippen LogP contribution in [0.4, 0.5) is 0 Å². The minimum Gasteiger partial charge on any atom is -0.326 e. The lowest BCUT2D eigenvalue weighted by molar-refractivity contribution is -0.897. The van der Waals surface area contributed by atoms with Crippen molar-refractivity contribution in [3.8, 4) is 0 Å². The highest BCUT2D eigenvalue weighted by molar-refractivity contribution is 4.52. The maximum absolute atomic E-state index is 2.43. The van der Waals surface area contributed by atoms with Crippen LogP contribution in [0, 0.1) is 0 Å². The summed E-state index contributed by atoms with van der Waals surface area (Å²) in [6.07, 6.45) is 8.62. The van der Waals surface area contributed by atoms with Crippen molar-refractivity contribution < 1.29 is 4.48 Å². The molecule has 1 nitrogen and oxygen atoms in total. The van der Waals surface area contributed by atoms with Crippen molar-refractivity contribution in [2.45, 2.75) is 59.3 Å². The largest absolute Gasteiger partial charge is 0.326 e. The van der Waals surface area contributed by atoms with Gasteiger partial charge in [-0.2, -0.15) is 0 Å². The summed E-state index contributed by atoms with van der Waals surface area (Å²) < 4.78 is 1.36. The van der Waals surface area contributed by atoms with Gasteiger partial charge < -0.3 is 4.48 Å². The van der Waals surface area contributed by atoms with Crippen molar-refractivity contribution >= 4 is 0 Å². The normalized spacial score (nSPS) is 18.9. The van der Waals surface area contributed by atoms with E-state index in [9.17, 15) is 0 Å². The predicted molar refractivity (Wildman–Crippen MR) is 65.5 cm³/mol. The van der Waals surface area contributed by atoms with Gasteiger partial charge in [-0.15, -0.1) is 0 Å². The molecular weight excluding hydrogens is 170 g/mol. The van der Waals surface area contributed by atoms with Gasteiger partial charge >= 0.3 is 0 Å². The fourth-order valence-electron chi connectivity index (χ4n) is 2.24. The van der Waals surface area contributed by atoms with Gasteiger partial charge in [0.2, 0.25) is 0 Å². The lowest BCUT2D eigenvalue weighted by Crippen LogP contribution is -2.41. The first-order valence-electron chi connectivity index (χ1n) is 6.60. The van der Waals surface area contributed by atoms with Crippen LogP contribution in [0.15, 0.2) is 0 Å². The van der Waals surface area contributed by atoms with Crippen LogP contribution in [0.5, 0.6) is 0 Å². The average molecular weight is 200 g/mol. The first-order chi connectivity index (χ1) is 6.77. The lowest BCUT2D eigenvalue weighted by atomic mass is 10.2. The summed E-state index contributed by atoms with van der Waals surface area (Å²) in [4.78, 5) is 0. The van der Waals surface area contributed by atoms with Gasteiger partial charge in [0.15, 0.2) is 0 Å². The van der Waals surface area contributed by atoms with Crippen LogP contribution < -0.4 is 0 Å². The number of nitrogens with zero attached hydrogens (tertiary/aromatic N) is 1. The molecule has 1 heteroatoms. The van der Waals surface area contributed by atoms with E-state index in [0.29, 0.717) is 0 Å². The Labute approximate surface area is 91.1 Å². The summed E-state index contributed by atoms with van der Waals surface area (Å²) in [7, 11) is 2.43. The molecule has 0 aliphatic carbocycles. The number of hydrogen-bond donors (Lipinski definition) is 0. The minimum absolute atomic E-state index is 1.36. The standard InChI is InChI=1S/C11H24N.C2H6/c1-3-4-5-6-9-12(2)10-7-8-11-12;1-2/h3-11H2,1-2H3;1-2H3/q+1;. The molecule has 0 spiro atoms. The van der Waals surface area contributed by atoms with Gasteiger partial charge in [0.05, 0.1) is 26.7 Å². The summed E-state index contributed by atoms with van der Waals surface area (Å²) in [5, 5.41) is 0. The summed E-state index contributed by atoms with van der Waals surface area (Å²) >= 11 is 0. The summed E-state index contributed by atoms with van der Waals surface area (Å²) in [6.45, 7) is 10.6. The van der Waals surface area contributed by atoms with E-state index in [1.54, 1.807) is 0 Å². The summed E-state index contributed by atoms with van der Waals surface area (Å²) in [5.41, 5.74) is 0. The molecule has 1 rings (SSSR count). The lowest BCUT2D eigenvalue weighted by Gasteiger charge is -2.29. The first kappa shape index (κ1) is 14.0. The van der Waals surface area contributed by atoms with Crippen molar-refractivity contribution in [3.05, 3.63) is 0 Å². The van der Waals surface area contributed by atoms with Gasteiger partial charge in [0.25, 0.3) is 0 Å². The monoisotopic (exact) mass is 200 g/mol. The Morgan fingerprint density at radius 1 is 0.929 bits per heavy atom. The van der Waals surface area contributed by atoms with Crippen LogP contribution in [-0.2, 0) is 0 Å². The van der Waals surface area contributed by atoms with E-state index in [-0.39, 0.29) is 0 Å². The molecule has 0 saturated carbocycles. The van der Waals surface area contributed by atoms with Crippen molar-refractivity contribution in [2.75, 3.05) is 26.7 Å². The van der Waals surface area contributed by atoms with Gasteiger partial charge in [0, 0.05) is 12.8 Å². The number of likely N-dealkylation sites (tertiary alicyclic amines) is 1. The molecule has 1 aliphatic rings. The van der Waals surface area contributed by atoms with E-state index < -0.39 is 0 Å². The third-order valence-corrected chi connectivity index (χ3v) is 3.20. The van der Waals surface area contributed by atoms with Gasteiger partial charge in [-0.3, -0.25) is 0 Å². The quantitative estimate of drug-likeness (QED) is 0.467. The smallest absolute Gasteiger partial charge is 0.0786 e. The molecule has 1 heterocycles. The van der Waals surface area contributed by atoms with Gasteiger partial charge in [-0.1, -0.05) is 33.6 Å². The zero-order chi connectivity index (χ0) is 10.9. The second-order valence-electron chi connectivity index (χ2n) is 4.56. The zero-order valence-corrected chi connectivity index (χ0v) is 10.8. The van der Waals surface area contributed by atoms with Crippen molar-refractivity contribution in [1.29, 1.82) is 0 Å². The average Bonchev–Trinajstić information content (AvgIpc) is 2.64. The SMILES string of the molecule is CC.CCCCCC[N+]1(C)CCCC1. The Hall–Kier alpha value is -0.0400. The zero-order valence-electron chi connectivity index (χ0n) is 10.8. The molecule has 1 fully saturated rings. The Morgan fingerprint density at radius 2 is 1.50 bits per heavy atom. The molecule has 86 valence electrons. The topological polar surface area (TPSA) is 0 Å². The third kappa shape index (κ3) is 5.64. The van der Waals surface area contributed by atoms with E-state index in [1.807, 2.05) is 13.8 Å². The Balaban J connectivity index is 0.000000791. The Kier molecular flexibility index (Phi) is 8.26. The number of unbranched alkanes of at least 4 members (excludes halogenated alkanes) is 3. The molecule has 0 aromatic carbocycles. The Morgan fingerprint density at radius 3 is 2.00 bits per heavy atom. The van der Waals surface area contributed by atoms with E-state index in [0.717, 1.165) is 0 Å². The molecule has 0 amide bonds. The summed E-state index contributed by atoms with van der Waals surface area (Å²) in [6, 6.07) is 0. The third-order valence-electron chi connectivity index (χ3n) is 3.20. The highest BCUT2D eigenvalue weighted by atomic mass is 15.3. The second kappa shape index (κ2) is 8.28. The van der Waals surface area contributed by atoms with Crippen molar-refractivity contribution in [2.24, 2.45) is 0 Å². The number of hydrogen-bond acceptors (Lipinski definition) is 0. The molecule has 1 saturated heterocycles. The molecule has 1 aliphatic heterocycles.